The molecule has 0 aliphatic carbocycles. The molecule has 0 amide bonds. The van der Waals surface area contributed by atoms with E-state index in [4.69, 9.17) is 14.2 Å². The smallest absolute Gasteiger partial charge is 0.232 e. The summed E-state index contributed by atoms with van der Waals surface area (Å²) in [6, 6.07) is 7.13. The number of piperazine rings is 1. The summed E-state index contributed by atoms with van der Waals surface area (Å²) in [5, 5.41) is 10.7. The number of ketones is 1. The molecular weight excluding hydrogens is 408 g/mol. The summed E-state index contributed by atoms with van der Waals surface area (Å²) >= 11 is 0. The number of rotatable bonds is 6. The lowest BCUT2D eigenvalue weighted by atomic mass is 9.99. The van der Waals surface area contributed by atoms with Crippen molar-refractivity contribution in [3.63, 3.8) is 0 Å². The number of Topliss-reactive ketones (excluding diaryl/α,β-unsaturated/α-hetero) is 1. The number of benzene rings is 2. The zero-order chi connectivity index (χ0) is 22.8. The van der Waals surface area contributed by atoms with Crippen LogP contribution < -0.4 is 14.2 Å². The molecular formula is C25H30N2O5. The number of aryl methyl sites for hydroxylation is 1. The van der Waals surface area contributed by atoms with E-state index < -0.39 is 0 Å². The minimum atomic E-state index is -0.195. The number of carbonyl (C=O) groups excluding carboxylic acids is 1. The molecule has 2 aromatic carbocycles. The van der Waals surface area contributed by atoms with Gasteiger partial charge in [0, 0.05) is 38.3 Å². The predicted octanol–water partition coefficient (Wildman–Crippen LogP) is 3.47. The summed E-state index contributed by atoms with van der Waals surface area (Å²) in [4.78, 5) is 17.9. The second-order valence-electron chi connectivity index (χ2n) is 8.13. The van der Waals surface area contributed by atoms with Gasteiger partial charge >= 0.3 is 0 Å². The molecule has 2 aliphatic rings. The highest BCUT2D eigenvalue weighted by Crippen LogP contribution is 2.43. The van der Waals surface area contributed by atoms with E-state index in [2.05, 4.69) is 16.7 Å². The first kappa shape index (κ1) is 22.2. The number of hydrogen-bond donors (Lipinski definition) is 1. The summed E-state index contributed by atoms with van der Waals surface area (Å²) in [6.07, 6.45) is 1.67. The fraction of sp³-hybridized carbons (Fsp3) is 0.400. The second-order valence-corrected chi connectivity index (χ2v) is 8.13. The number of phenols is 1. The van der Waals surface area contributed by atoms with Gasteiger partial charge in [-0.2, -0.15) is 0 Å². The van der Waals surface area contributed by atoms with Crippen LogP contribution >= 0.6 is 0 Å². The first-order valence-corrected chi connectivity index (χ1v) is 10.9. The van der Waals surface area contributed by atoms with Gasteiger partial charge in [0.25, 0.3) is 0 Å². The highest BCUT2D eigenvalue weighted by molar-refractivity contribution is 6.16. The Morgan fingerprint density at radius 3 is 2.50 bits per heavy atom. The Kier molecular flexibility index (Phi) is 6.39. The number of para-hydroxylation sites is 1. The fourth-order valence-corrected chi connectivity index (χ4v) is 4.39. The van der Waals surface area contributed by atoms with E-state index >= 15 is 0 Å². The number of nitrogens with zero attached hydrogens (tertiary/aromatic N) is 2. The van der Waals surface area contributed by atoms with E-state index in [9.17, 15) is 9.90 Å². The molecule has 0 radical (unpaired) electrons. The maximum Gasteiger partial charge on any atom is 0.232 e. The lowest BCUT2D eigenvalue weighted by Gasteiger charge is -2.34. The molecule has 0 saturated carbocycles. The minimum Gasteiger partial charge on any atom is -0.507 e. The molecule has 170 valence electrons. The van der Waals surface area contributed by atoms with E-state index in [1.165, 1.54) is 0 Å². The molecule has 0 spiro atoms. The van der Waals surface area contributed by atoms with Gasteiger partial charge in [0.15, 0.2) is 17.3 Å². The van der Waals surface area contributed by atoms with Crippen molar-refractivity contribution in [3.05, 3.63) is 52.3 Å². The Balaban J connectivity index is 1.67. The maximum absolute atomic E-state index is 13.2. The van der Waals surface area contributed by atoms with Crippen LogP contribution in [0.5, 0.6) is 23.0 Å². The predicted molar refractivity (Wildman–Crippen MR) is 123 cm³/mol. The second kappa shape index (κ2) is 9.22. The minimum absolute atomic E-state index is 0.159. The van der Waals surface area contributed by atoms with Crippen LogP contribution in [0.15, 0.2) is 30.0 Å². The van der Waals surface area contributed by atoms with E-state index in [0.29, 0.717) is 46.0 Å². The molecule has 2 aliphatic heterocycles. The first-order valence-electron chi connectivity index (χ1n) is 10.9. The molecule has 32 heavy (non-hydrogen) atoms. The molecule has 0 bridgehead atoms. The van der Waals surface area contributed by atoms with Gasteiger partial charge in [0.2, 0.25) is 5.78 Å². The standard InChI is InChI=1S/C25H30N2O5/c1-5-26-9-11-27(12-10-26)15-18-19(28)13-16(2)22-23(29)21(32-25(18)22)14-17-7-6-8-20(30-3)24(17)31-4/h6-8,13-14,28H,5,9-12,15H2,1-4H3/b21-14-. The van der Waals surface area contributed by atoms with Crippen LogP contribution in [0.25, 0.3) is 6.08 Å². The van der Waals surface area contributed by atoms with Crippen LogP contribution in [0, 0.1) is 6.92 Å². The Hall–Kier alpha value is -3.03. The van der Waals surface area contributed by atoms with Gasteiger partial charge in [-0.3, -0.25) is 9.69 Å². The summed E-state index contributed by atoms with van der Waals surface area (Å²) < 4.78 is 16.9. The third kappa shape index (κ3) is 4.06. The molecule has 1 saturated heterocycles. The monoisotopic (exact) mass is 438 g/mol. The quantitative estimate of drug-likeness (QED) is 0.693. The topological polar surface area (TPSA) is 71.5 Å². The van der Waals surface area contributed by atoms with E-state index in [-0.39, 0.29) is 17.3 Å². The highest BCUT2D eigenvalue weighted by Gasteiger charge is 2.34. The van der Waals surface area contributed by atoms with Gasteiger partial charge in [0.1, 0.15) is 11.5 Å². The lowest BCUT2D eigenvalue weighted by molar-refractivity contribution is 0.101. The number of methoxy groups -OCH3 is 2. The number of ether oxygens (including phenoxy) is 3. The number of hydrogen-bond acceptors (Lipinski definition) is 7. The molecule has 2 heterocycles. The Labute approximate surface area is 188 Å². The van der Waals surface area contributed by atoms with Gasteiger partial charge in [-0.15, -0.1) is 0 Å². The fourth-order valence-electron chi connectivity index (χ4n) is 4.39. The molecule has 0 aromatic heterocycles. The van der Waals surface area contributed by atoms with Gasteiger partial charge in [-0.05, 0) is 37.2 Å². The number of likely N-dealkylation sites (N-methyl/N-ethyl adjacent to an activating group) is 1. The first-order chi connectivity index (χ1) is 15.5. The van der Waals surface area contributed by atoms with E-state index in [1.807, 2.05) is 19.1 Å². The third-order valence-electron chi connectivity index (χ3n) is 6.23. The zero-order valence-corrected chi connectivity index (χ0v) is 19.1. The van der Waals surface area contributed by atoms with Crippen molar-refractivity contribution in [3.8, 4) is 23.0 Å². The van der Waals surface area contributed by atoms with Gasteiger partial charge in [0.05, 0.1) is 25.3 Å². The van der Waals surface area contributed by atoms with Crippen LogP contribution in [0.1, 0.15) is 34.0 Å². The molecule has 4 rings (SSSR count). The van der Waals surface area contributed by atoms with Crippen molar-refractivity contribution in [1.82, 2.24) is 9.80 Å². The molecule has 0 atom stereocenters. The zero-order valence-electron chi connectivity index (χ0n) is 19.1. The molecule has 0 unspecified atom stereocenters. The summed E-state index contributed by atoms with van der Waals surface area (Å²) in [5.41, 5.74) is 2.55. The largest absolute Gasteiger partial charge is 0.507 e. The number of allylic oxidation sites excluding steroid dienone is 1. The van der Waals surface area contributed by atoms with Crippen molar-refractivity contribution >= 4 is 11.9 Å². The molecule has 7 heteroatoms. The number of carbonyl (C=O) groups is 1. The Morgan fingerprint density at radius 1 is 1.12 bits per heavy atom. The van der Waals surface area contributed by atoms with Crippen LogP contribution in [-0.2, 0) is 6.54 Å². The number of phenolic OH excluding ortho intramolecular Hbond substituents is 1. The van der Waals surface area contributed by atoms with Crippen LogP contribution in [-0.4, -0.2) is 67.6 Å². The average Bonchev–Trinajstić information content (AvgIpc) is 3.13. The van der Waals surface area contributed by atoms with E-state index in [1.54, 1.807) is 32.4 Å². The van der Waals surface area contributed by atoms with Crippen molar-refractivity contribution in [2.45, 2.75) is 20.4 Å². The molecule has 1 N–H and O–H groups in total. The van der Waals surface area contributed by atoms with Crippen molar-refractivity contribution in [2.24, 2.45) is 0 Å². The number of aromatic hydroxyl groups is 1. The van der Waals surface area contributed by atoms with Gasteiger partial charge < -0.3 is 24.2 Å². The van der Waals surface area contributed by atoms with Crippen molar-refractivity contribution in [1.29, 1.82) is 0 Å². The summed E-state index contributed by atoms with van der Waals surface area (Å²) in [5.74, 6) is 1.73. The van der Waals surface area contributed by atoms with Crippen LogP contribution in [0.4, 0.5) is 0 Å². The highest BCUT2D eigenvalue weighted by atomic mass is 16.5. The third-order valence-corrected chi connectivity index (χ3v) is 6.23. The van der Waals surface area contributed by atoms with Crippen molar-refractivity contribution in [2.75, 3.05) is 46.9 Å². The average molecular weight is 439 g/mol. The molecule has 7 nitrogen and oxygen atoms in total. The lowest BCUT2D eigenvalue weighted by Crippen LogP contribution is -2.45. The van der Waals surface area contributed by atoms with Crippen molar-refractivity contribution < 1.29 is 24.1 Å². The van der Waals surface area contributed by atoms with E-state index in [0.717, 1.165) is 32.7 Å². The van der Waals surface area contributed by atoms with Crippen LogP contribution in [0.2, 0.25) is 0 Å². The SMILES string of the molecule is CCN1CCN(Cc2c(O)cc(C)c3c2O/C(=C\c2cccc(OC)c2OC)C3=O)CC1. The maximum atomic E-state index is 13.2. The summed E-state index contributed by atoms with van der Waals surface area (Å²) in [7, 11) is 3.13. The van der Waals surface area contributed by atoms with Crippen LogP contribution in [0.3, 0.4) is 0 Å². The van der Waals surface area contributed by atoms with Gasteiger partial charge in [-0.1, -0.05) is 19.1 Å². The Morgan fingerprint density at radius 2 is 1.84 bits per heavy atom. The molecule has 1 fully saturated rings. The molecule has 2 aromatic rings. The normalized spacial score (nSPS) is 18.0. The number of fused-ring (bicyclic) bond motifs is 1. The Bertz CT molecular complexity index is 1050. The summed E-state index contributed by atoms with van der Waals surface area (Å²) in [6.45, 7) is 9.37. The van der Waals surface area contributed by atoms with Gasteiger partial charge in [-0.25, -0.2) is 0 Å².